The summed E-state index contributed by atoms with van der Waals surface area (Å²) >= 11 is 0. The number of carbonyl (C=O) groups is 1. The monoisotopic (exact) mass is 316 g/mol. The first kappa shape index (κ1) is 15.0. The fourth-order valence-electron chi connectivity index (χ4n) is 2.63. The standard InChI is InChI=1S/C17H16O6/c1-21-12-5-3-9(7-15(12)22-2)14-8-11(19)16-13(23-14)6-4-10(18)17(16)20/h3-7,14,18,20H,8H2,1-2H3. The van der Waals surface area contributed by atoms with Crippen molar-refractivity contribution in [2.24, 2.45) is 0 Å². The first-order valence-electron chi connectivity index (χ1n) is 7.02. The van der Waals surface area contributed by atoms with Gasteiger partial charge in [0.25, 0.3) is 0 Å². The largest absolute Gasteiger partial charge is 0.504 e. The Kier molecular flexibility index (Phi) is 3.73. The van der Waals surface area contributed by atoms with E-state index in [0.29, 0.717) is 11.5 Å². The van der Waals surface area contributed by atoms with Crippen LogP contribution in [0.25, 0.3) is 0 Å². The lowest BCUT2D eigenvalue weighted by molar-refractivity contribution is 0.0843. The van der Waals surface area contributed by atoms with Crippen LogP contribution in [-0.4, -0.2) is 30.2 Å². The number of phenols is 2. The van der Waals surface area contributed by atoms with Crippen molar-refractivity contribution in [3.8, 4) is 28.7 Å². The van der Waals surface area contributed by atoms with Crippen LogP contribution < -0.4 is 14.2 Å². The minimum atomic E-state index is -0.501. The van der Waals surface area contributed by atoms with Gasteiger partial charge in [-0.05, 0) is 29.8 Å². The van der Waals surface area contributed by atoms with Gasteiger partial charge >= 0.3 is 0 Å². The SMILES string of the molecule is COc1ccc(C2CC(=O)c3c(ccc(O)c3O)O2)cc1OC. The van der Waals surface area contributed by atoms with Crippen molar-refractivity contribution in [1.29, 1.82) is 0 Å². The molecule has 120 valence electrons. The highest BCUT2D eigenvalue weighted by molar-refractivity contribution is 6.03. The van der Waals surface area contributed by atoms with Crippen molar-refractivity contribution >= 4 is 5.78 Å². The lowest BCUT2D eigenvalue weighted by atomic mass is 9.95. The average molecular weight is 316 g/mol. The first-order chi connectivity index (χ1) is 11.0. The highest BCUT2D eigenvalue weighted by Crippen LogP contribution is 2.43. The number of Topliss-reactive ketones (excluding diaryl/α,β-unsaturated/α-hetero) is 1. The molecule has 0 spiro atoms. The molecule has 1 heterocycles. The van der Waals surface area contributed by atoms with Crippen LogP contribution in [0.15, 0.2) is 30.3 Å². The molecule has 2 N–H and O–H groups in total. The highest BCUT2D eigenvalue weighted by atomic mass is 16.5. The average Bonchev–Trinajstić information content (AvgIpc) is 2.57. The van der Waals surface area contributed by atoms with E-state index in [1.54, 1.807) is 25.3 Å². The van der Waals surface area contributed by atoms with Gasteiger partial charge in [0, 0.05) is 0 Å². The molecule has 0 radical (unpaired) electrons. The lowest BCUT2D eigenvalue weighted by Crippen LogP contribution is -2.20. The van der Waals surface area contributed by atoms with Gasteiger partial charge < -0.3 is 24.4 Å². The van der Waals surface area contributed by atoms with Crippen LogP contribution >= 0.6 is 0 Å². The topological polar surface area (TPSA) is 85.2 Å². The summed E-state index contributed by atoms with van der Waals surface area (Å²) in [6.45, 7) is 0. The van der Waals surface area contributed by atoms with Gasteiger partial charge in [-0.15, -0.1) is 0 Å². The van der Waals surface area contributed by atoms with E-state index in [0.717, 1.165) is 5.56 Å². The minimum Gasteiger partial charge on any atom is -0.504 e. The second-order valence-electron chi connectivity index (χ2n) is 5.15. The van der Waals surface area contributed by atoms with Crippen LogP contribution in [-0.2, 0) is 0 Å². The van der Waals surface area contributed by atoms with Crippen LogP contribution in [0, 0.1) is 0 Å². The molecule has 1 atom stereocenters. The van der Waals surface area contributed by atoms with Crippen molar-refractivity contribution < 1.29 is 29.2 Å². The number of aromatic hydroxyl groups is 2. The molecule has 0 aliphatic carbocycles. The van der Waals surface area contributed by atoms with Gasteiger partial charge in [-0.1, -0.05) is 6.07 Å². The summed E-state index contributed by atoms with van der Waals surface area (Å²) in [7, 11) is 3.08. The van der Waals surface area contributed by atoms with E-state index in [9.17, 15) is 15.0 Å². The Morgan fingerprint density at radius 2 is 1.83 bits per heavy atom. The molecular weight excluding hydrogens is 300 g/mol. The maximum absolute atomic E-state index is 12.3. The van der Waals surface area contributed by atoms with Gasteiger partial charge in [0.2, 0.25) is 0 Å². The Bertz CT molecular complexity index is 768. The van der Waals surface area contributed by atoms with Gasteiger partial charge in [-0.2, -0.15) is 0 Å². The van der Waals surface area contributed by atoms with Crippen LogP contribution in [0.4, 0.5) is 0 Å². The lowest BCUT2D eigenvalue weighted by Gasteiger charge is -2.26. The van der Waals surface area contributed by atoms with E-state index >= 15 is 0 Å². The molecule has 3 rings (SSSR count). The smallest absolute Gasteiger partial charge is 0.174 e. The maximum Gasteiger partial charge on any atom is 0.174 e. The Balaban J connectivity index is 1.98. The Morgan fingerprint density at radius 1 is 1.09 bits per heavy atom. The summed E-state index contributed by atoms with van der Waals surface area (Å²) in [4.78, 5) is 12.3. The van der Waals surface area contributed by atoms with Gasteiger partial charge in [0.1, 0.15) is 17.4 Å². The zero-order valence-electron chi connectivity index (χ0n) is 12.7. The van der Waals surface area contributed by atoms with E-state index in [1.165, 1.54) is 19.2 Å². The number of methoxy groups -OCH3 is 2. The molecule has 0 saturated heterocycles. The number of carbonyl (C=O) groups excluding carboxylic acids is 1. The molecule has 0 aromatic heterocycles. The quantitative estimate of drug-likeness (QED) is 0.847. The molecule has 2 aromatic carbocycles. The second-order valence-corrected chi connectivity index (χ2v) is 5.15. The summed E-state index contributed by atoms with van der Waals surface area (Å²) in [5.74, 6) is 0.293. The van der Waals surface area contributed by atoms with Crippen molar-refractivity contribution in [3.63, 3.8) is 0 Å². The molecule has 23 heavy (non-hydrogen) atoms. The number of hydrogen-bond acceptors (Lipinski definition) is 6. The molecule has 6 heteroatoms. The summed E-state index contributed by atoms with van der Waals surface area (Å²) in [5.41, 5.74) is 0.774. The number of phenolic OH excluding ortho intramolecular Hbond substituents is 2. The number of rotatable bonds is 3. The Labute approximate surface area is 132 Å². The van der Waals surface area contributed by atoms with Gasteiger partial charge in [0.05, 0.1) is 20.6 Å². The van der Waals surface area contributed by atoms with Crippen molar-refractivity contribution in [3.05, 3.63) is 41.5 Å². The van der Waals surface area contributed by atoms with Gasteiger partial charge in [-0.25, -0.2) is 0 Å². The number of fused-ring (bicyclic) bond motifs is 1. The van der Waals surface area contributed by atoms with E-state index in [1.807, 2.05) is 0 Å². The Morgan fingerprint density at radius 3 is 2.52 bits per heavy atom. The first-order valence-corrected chi connectivity index (χ1v) is 7.02. The van der Waals surface area contributed by atoms with Crippen LogP contribution in [0.3, 0.4) is 0 Å². The molecule has 0 saturated carbocycles. The summed E-state index contributed by atoms with van der Waals surface area (Å²) in [5, 5.41) is 19.3. The molecule has 0 fully saturated rings. The van der Waals surface area contributed by atoms with E-state index < -0.39 is 11.9 Å². The van der Waals surface area contributed by atoms with Crippen LogP contribution in [0.2, 0.25) is 0 Å². The summed E-state index contributed by atoms with van der Waals surface area (Å²) in [6.07, 6.45) is -0.446. The minimum absolute atomic E-state index is 0.0155. The third-order valence-corrected chi connectivity index (χ3v) is 3.82. The molecule has 1 aliphatic rings. The predicted molar refractivity (Wildman–Crippen MR) is 81.6 cm³/mol. The maximum atomic E-state index is 12.3. The van der Waals surface area contributed by atoms with E-state index in [2.05, 4.69) is 0 Å². The normalized spacial score (nSPS) is 16.4. The predicted octanol–water partition coefficient (Wildman–Crippen LogP) is 2.82. The summed E-state index contributed by atoms with van der Waals surface area (Å²) in [6, 6.07) is 8.05. The molecule has 1 unspecified atom stereocenters. The molecule has 0 bridgehead atoms. The zero-order valence-corrected chi connectivity index (χ0v) is 12.7. The van der Waals surface area contributed by atoms with Crippen molar-refractivity contribution in [1.82, 2.24) is 0 Å². The van der Waals surface area contributed by atoms with Crippen LogP contribution in [0.5, 0.6) is 28.7 Å². The van der Waals surface area contributed by atoms with Crippen LogP contribution in [0.1, 0.15) is 28.4 Å². The zero-order chi connectivity index (χ0) is 16.6. The number of ketones is 1. The molecule has 0 amide bonds. The fourth-order valence-corrected chi connectivity index (χ4v) is 2.63. The number of hydrogen-bond donors (Lipinski definition) is 2. The van der Waals surface area contributed by atoms with Gasteiger partial charge in [0.15, 0.2) is 28.8 Å². The molecule has 6 nitrogen and oxygen atoms in total. The van der Waals surface area contributed by atoms with Crippen molar-refractivity contribution in [2.45, 2.75) is 12.5 Å². The third kappa shape index (κ3) is 2.52. The molecular formula is C17H16O6. The highest BCUT2D eigenvalue weighted by Gasteiger charge is 2.31. The molecule has 2 aromatic rings. The van der Waals surface area contributed by atoms with E-state index in [-0.39, 0.29) is 29.3 Å². The number of ether oxygens (including phenoxy) is 3. The Hall–Kier alpha value is -2.89. The third-order valence-electron chi connectivity index (χ3n) is 3.82. The van der Waals surface area contributed by atoms with E-state index in [4.69, 9.17) is 14.2 Å². The van der Waals surface area contributed by atoms with Gasteiger partial charge in [-0.3, -0.25) is 4.79 Å². The second kappa shape index (κ2) is 5.72. The fraction of sp³-hybridized carbons (Fsp3) is 0.235. The number of benzene rings is 2. The van der Waals surface area contributed by atoms with Crippen molar-refractivity contribution in [2.75, 3.05) is 14.2 Å². The summed E-state index contributed by atoms with van der Waals surface area (Å²) < 4.78 is 16.3. The molecule has 1 aliphatic heterocycles.